The first-order valence-electron chi connectivity index (χ1n) is 9.88. The Balaban J connectivity index is 1.44. The van der Waals surface area contributed by atoms with E-state index in [-0.39, 0.29) is 6.10 Å². The van der Waals surface area contributed by atoms with Gasteiger partial charge in [-0.3, -0.25) is 0 Å². The number of hydrogen-bond donors (Lipinski definition) is 2. The number of piperidine rings is 1. The van der Waals surface area contributed by atoms with Crippen molar-refractivity contribution in [1.82, 2.24) is 10.2 Å². The summed E-state index contributed by atoms with van der Waals surface area (Å²) in [5.41, 5.74) is 0. The van der Waals surface area contributed by atoms with Gasteiger partial charge in [0.2, 0.25) is 0 Å². The van der Waals surface area contributed by atoms with Gasteiger partial charge in [0.15, 0.2) is 0 Å². The fourth-order valence-electron chi connectivity index (χ4n) is 4.62. The Morgan fingerprint density at radius 3 is 2.50 bits per heavy atom. The summed E-state index contributed by atoms with van der Waals surface area (Å²) in [7, 11) is 0. The van der Waals surface area contributed by atoms with E-state index in [1.807, 2.05) is 0 Å². The van der Waals surface area contributed by atoms with Gasteiger partial charge in [0.1, 0.15) is 0 Å². The molecular formula is C19H36N2O. The van der Waals surface area contributed by atoms with Crippen LogP contribution in [0, 0.1) is 17.8 Å². The molecule has 3 heteroatoms. The van der Waals surface area contributed by atoms with Crippen molar-refractivity contribution in [2.45, 2.75) is 76.9 Å². The lowest BCUT2D eigenvalue weighted by molar-refractivity contribution is 0.0757. The predicted molar refractivity (Wildman–Crippen MR) is 91.9 cm³/mol. The molecule has 1 heterocycles. The molecule has 0 spiro atoms. The summed E-state index contributed by atoms with van der Waals surface area (Å²) in [6, 6.07) is 0.645. The minimum atomic E-state index is -0.0270. The van der Waals surface area contributed by atoms with Crippen LogP contribution in [-0.4, -0.2) is 48.3 Å². The summed E-state index contributed by atoms with van der Waals surface area (Å²) in [5.74, 6) is 2.24. The van der Waals surface area contributed by atoms with Gasteiger partial charge in [0.25, 0.3) is 0 Å². The van der Waals surface area contributed by atoms with E-state index in [4.69, 9.17) is 0 Å². The fraction of sp³-hybridized carbons (Fsp3) is 1.00. The van der Waals surface area contributed by atoms with E-state index < -0.39 is 0 Å². The van der Waals surface area contributed by atoms with Crippen LogP contribution in [0.1, 0.15) is 64.7 Å². The van der Waals surface area contributed by atoms with Crippen LogP contribution in [0.15, 0.2) is 0 Å². The molecule has 2 N–H and O–H groups in total. The summed E-state index contributed by atoms with van der Waals surface area (Å²) in [4.78, 5) is 2.59. The molecule has 0 radical (unpaired) electrons. The van der Waals surface area contributed by atoms with Crippen LogP contribution in [-0.2, 0) is 0 Å². The molecule has 1 aliphatic heterocycles. The zero-order valence-corrected chi connectivity index (χ0v) is 14.5. The van der Waals surface area contributed by atoms with Gasteiger partial charge in [0, 0.05) is 19.1 Å². The molecule has 0 aromatic rings. The van der Waals surface area contributed by atoms with E-state index >= 15 is 0 Å². The standard InChI is InChI=1S/C19H36N2O/c1-2-21-13-16(11-19(22)17-8-9-17)10-18(14-21)20-12-15-6-4-3-5-7-15/h15-20,22H,2-14H2,1H3. The highest BCUT2D eigenvalue weighted by molar-refractivity contribution is 4.88. The number of likely N-dealkylation sites (N-methyl/N-ethyl adjacent to an activating group) is 1. The predicted octanol–water partition coefficient (Wildman–Crippen LogP) is 3.03. The van der Waals surface area contributed by atoms with E-state index in [9.17, 15) is 5.11 Å². The lowest BCUT2D eigenvalue weighted by Gasteiger charge is -2.39. The van der Waals surface area contributed by atoms with E-state index in [2.05, 4.69) is 17.1 Å². The third-order valence-electron chi connectivity index (χ3n) is 6.22. The monoisotopic (exact) mass is 308 g/mol. The molecular weight excluding hydrogens is 272 g/mol. The Morgan fingerprint density at radius 1 is 1.05 bits per heavy atom. The molecule has 0 amide bonds. The lowest BCUT2D eigenvalue weighted by Crippen LogP contribution is -2.50. The summed E-state index contributed by atoms with van der Waals surface area (Å²) in [5, 5.41) is 14.2. The summed E-state index contributed by atoms with van der Waals surface area (Å²) >= 11 is 0. The van der Waals surface area contributed by atoms with Crippen LogP contribution in [0.4, 0.5) is 0 Å². The lowest BCUT2D eigenvalue weighted by atomic mass is 9.86. The number of nitrogens with zero attached hydrogens (tertiary/aromatic N) is 1. The number of aliphatic hydroxyl groups excluding tert-OH is 1. The minimum absolute atomic E-state index is 0.0270. The zero-order valence-electron chi connectivity index (χ0n) is 14.5. The van der Waals surface area contributed by atoms with Crippen molar-refractivity contribution >= 4 is 0 Å². The fourth-order valence-corrected chi connectivity index (χ4v) is 4.62. The maximum absolute atomic E-state index is 10.3. The Labute approximate surface area is 136 Å². The molecule has 3 aliphatic rings. The average molecular weight is 309 g/mol. The first-order chi connectivity index (χ1) is 10.7. The molecule has 3 unspecified atom stereocenters. The molecule has 2 saturated carbocycles. The number of nitrogens with one attached hydrogen (secondary N) is 1. The largest absolute Gasteiger partial charge is 0.393 e. The zero-order chi connectivity index (χ0) is 15.4. The molecule has 0 aromatic carbocycles. The van der Waals surface area contributed by atoms with Crippen LogP contribution < -0.4 is 5.32 Å². The first kappa shape index (κ1) is 16.7. The third kappa shape index (κ3) is 4.94. The summed E-state index contributed by atoms with van der Waals surface area (Å²) in [6.45, 7) is 7.05. The topological polar surface area (TPSA) is 35.5 Å². The molecule has 0 aromatic heterocycles. The molecule has 3 atom stereocenters. The van der Waals surface area contributed by atoms with Crippen molar-refractivity contribution in [2.75, 3.05) is 26.2 Å². The smallest absolute Gasteiger partial charge is 0.0571 e. The van der Waals surface area contributed by atoms with E-state index in [0.717, 1.165) is 18.9 Å². The Hall–Kier alpha value is -0.120. The van der Waals surface area contributed by atoms with Crippen LogP contribution >= 0.6 is 0 Å². The number of aliphatic hydroxyl groups is 1. The van der Waals surface area contributed by atoms with Crippen LogP contribution in [0.2, 0.25) is 0 Å². The highest BCUT2D eigenvalue weighted by Gasteiger charge is 2.34. The number of hydrogen-bond acceptors (Lipinski definition) is 3. The SMILES string of the molecule is CCN1CC(CC(O)C2CC2)CC(NCC2CCCCC2)C1. The molecule has 2 aliphatic carbocycles. The maximum Gasteiger partial charge on any atom is 0.0571 e. The second kappa shape index (κ2) is 8.12. The molecule has 3 rings (SSSR count). The second-order valence-electron chi connectivity index (χ2n) is 8.20. The normalized spacial score (nSPS) is 33.0. The van der Waals surface area contributed by atoms with Gasteiger partial charge in [-0.2, -0.15) is 0 Å². The average Bonchev–Trinajstić information content (AvgIpc) is 3.38. The van der Waals surface area contributed by atoms with Gasteiger partial charge in [-0.15, -0.1) is 0 Å². The van der Waals surface area contributed by atoms with E-state index in [0.29, 0.717) is 17.9 Å². The minimum Gasteiger partial charge on any atom is -0.393 e. The number of rotatable bonds is 7. The van der Waals surface area contributed by atoms with E-state index in [1.54, 1.807) is 0 Å². The Kier molecular flexibility index (Phi) is 6.17. The number of likely N-dealkylation sites (tertiary alicyclic amines) is 1. The first-order valence-corrected chi connectivity index (χ1v) is 9.88. The van der Waals surface area contributed by atoms with Crippen molar-refractivity contribution in [2.24, 2.45) is 17.8 Å². The molecule has 3 fully saturated rings. The molecule has 128 valence electrons. The van der Waals surface area contributed by atoms with Crippen molar-refractivity contribution in [1.29, 1.82) is 0 Å². The second-order valence-corrected chi connectivity index (χ2v) is 8.20. The molecule has 0 bridgehead atoms. The van der Waals surface area contributed by atoms with Crippen LogP contribution in [0.25, 0.3) is 0 Å². The molecule has 3 nitrogen and oxygen atoms in total. The Bertz CT molecular complexity index is 325. The van der Waals surface area contributed by atoms with Gasteiger partial charge >= 0.3 is 0 Å². The van der Waals surface area contributed by atoms with Crippen molar-refractivity contribution < 1.29 is 5.11 Å². The molecule has 22 heavy (non-hydrogen) atoms. The van der Waals surface area contributed by atoms with Gasteiger partial charge in [-0.1, -0.05) is 26.2 Å². The summed E-state index contributed by atoms with van der Waals surface area (Å²) in [6.07, 6.45) is 12.0. The third-order valence-corrected chi connectivity index (χ3v) is 6.22. The quantitative estimate of drug-likeness (QED) is 0.759. The van der Waals surface area contributed by atoms with Gasteiger partial charge in [-0.25, -0.2) is 0 Å². The van der Waals surface area contributed by atoms with E-state index in [1.165, 1.54) is 71.0 Å². The highest BCUT2D eigenvalue weighted by Crippen LogP contribution is 2.36. The summed E-state index contributed by atoms with van der Waals surface area (Å²) < 4.78 is 0. The van der Waals surface area contributed by atoms with Gasteiger partial charge < -0.3 is 15.3 Å². The molecule has 1 saturated heterocycles. The van der Waals surface area contributed by atoms with Crippen LogP contribution in [0.3, 0.4) is 0 Å². The van der Waals surface area contributed by atoms with Crippen molar-refractivity contribution in [3.63, 3.8) is 0 Å². The van der Waals surface area contributed by atoms with Gasteiger partial charge in [0.05, 0.1) is 6.10 Å². The highest BCUT2D eigenvalue weighted by atomic mass is 16.3. The van der Waals surface area contributed by atoms with Crippen molar-refractivity contribution in [3.8, 4) is 0 Å². The van der Waals surface area contributed by atoms with Crippen molar-refractivity contribution in [3.05, 3.63) is 0 Å². The van der Waals surface area contributed by atoms with Gasteiger partial charge in [-0.05, 0) is 69.4 Å². The Morgan fingerprint density at radius 2 is 1.82 bits per heavy atom. The maximum atomic E-state index is 10.3. The van der Waals surface area contributed by atoms with Crippen LogP contribution in [0.5, 0.6) is 0 Å².